The summed E-state index contributed by atoms with van der Waals surface area (Å²) < 4.78 is 34.7. The van der Waals surface area contributed by atoms with Crippen molar-refractivity contribution in [2.24, 2.45) is 5.92 Å². The largest absolute Gasteiger partial charge is 0.384 e. The number of hydrogen-bond donors (Lipinski definition) is 0. The van der Waals surface area contributed by atoms with Crippen LogP contribution in [0.3, 0.4) is 0 Å². The lowest BCUT2D eigenvalue weighted by Crippen LogP contribution is -2.35. The van der Waals surface area contributed by atoms with Crippen molar-refractivity contribution in [1.82, 2.24) is 14.1 Å². The average molecular weight is 335 g/mol. The summed E-state index contributed by atoms with van der Waals surface area (Å²) in [5, 5.41) is 4.29. The molecule has 0 amide bonds. The second-order valence-corrected chi connectivity index (χ2v) is 7.88. The molecule has 1 atom stereocenters. The van der Waals surface area contributed by atoms with Gasteiger partial charge >= 0.3 is 0 Å². The van der Waals surface area contributed by atoms with E-state index in [1.807, 2.05) is 23.7 Å². The zero-order chi connectivity index (χ0) is 16.4. The Morgan fingerprint density at radius 3 is 2.87 bits per heavy atom. The summed E-state index contributed by atoms with van der Waals surface area (Å²) in [5.41, 5.74) is 1.83. The summed E-state index contributed by atoms with van der Waals surface area (Å²) in [4.78, 5) is 0.335. The van der Waals surface area contributed by atoms with Crippen LogP contribution in [0.25, 0.3) is 0 Å². The lowest BCUT2D eigenvalue weighted by atomic mass is 10.1. The quantitative estimate of drug-likeness (QED) is 0.852. The van der Waals surface area contributed by atoms with Crippen LogP contribution < -0.4 is 0 Å². The number of rotatable bonds is 4. The van der Waals surface area contributed by atoms with E-state index in [0.29, 0.717) is 31.1 Å². The first-order chi connectivity index (χ1) is 11.0. The van der Waals surface area contributed by atoms with Crippen LogP contribution >= 0.6 is 0 Å². The van der Waals surface area contributed by atoms with Gasteiger partial charge in [-0.1, -0.05) is 12.1 Å². The molecule has 0 bridgehead atoms. The van der Waals surface area contributed by atoms with Gasteiger partial charge in [-0.05, 0) is 30.7 Å². The van der Waals surface area contributed by atoms with Gasteiger partial charge in [-0.3, -0.25) is 4.68 Å². The van der Waals surface area contributed by atoms with Crippen LogP contribution in [-0.4, -0.2) is 42.8 Å². The van der Waals surface area contributed by atoms with Gasteiger partial charge < -0.3 is 4.74 Å². The Morgan fingerprint density at radius 1 is 1.30 bits per heavy atom. The minimum Gasteiger partial charge on any atom is -0.384 e. The number of nitrogens with zero attached hydrogens (tertiary/aromatic N) is 3. The van der Waals surface area contributed by atoms with Crippen molar-refractivity contribution in [3.8, 4) is 0 Å². The van der Waals surface area contributed by atoms with Gasteiger partial charge in [0.1, 0.15) is 0 Å². The number of fused-ring (bicyclic) bond motifs is 1. The molecule has 0 saturated carbocycles. The first kappa shape index (κ1) is 16.2. The van der Waals surface area contributed by atoms with Crippen molar-refractivity contribution in [2.45, 2.75) is 24.9 Å². The highest BCUT2D eigenvalue weighted by molar-refractivity contribution is 7.89. The van der Waals surface area contributed by atoms with Gasteiger partial charge in [0.25, 0.3) is 0 Å². The lowest BCUT2D eigenvalue weighted by Gasteiger charge is -2.23. The fourth-order valence-electron chi connectivity index (χ4n) is 2.94. The number of aryl methyl sites for hydroxylation is 1. The van der Waals surface area contributed by atoms with Crippen LogP contribution in [0, 0.1) is 12.8 Å². The third-order valence-electron chi connectivity index (χ3n) is 4.07. The minimum atomic E-state index is -3.54. The van der Waals surface area contributed by atoms with Crippen molar-refractivity contribution < 1.29 is 13.2 Å². The van der Waals surface area contributed by atoms with E-state index < -0.39 is 10.0 Å². The third kappa shape index (κ3) is 3.31. The van der Waals surface area contributed by atoms with Crippen LogP contribution in [0.15, 0.2) is 41.4 Å². The monoisotopic (exact) mass is 335 g/mol. The van der Waals surface area contributed by atoms with E-state index >= 15 is 0 Å². The van der Waals surface area contributed by atoms with Gasteiger partial charge in [0.15, 0.2) is 0 Å². The molecule has 0 aliphatic carbocycles. The van der Waals surface area contributed by atoms with Crippen molar-refractivity contribution in [1.29, 1.82) is 0 Å². The zero-order valence-electron chi connectivity index (χ0n) is 13.3. The Morgan fingerprint density at radius 2 is 2.13 bits per heavy atom. The van der Waals surface area contributed by atoms with Crippen LogP contribution in [0.1, 0.15) is 11.3 Å². The van der Waals surface area contributed by atoms with E-state index in [0.717, 1.165) is 11.3 Å². The molecule has 3 rings (SSSR count). The molecule has 2 aromatic rings. The molecule has 1 aromatic heterocycles. The van der Waals surface area contributed by atoms with Gasteiger partial charge in [0.05, 0.1) is 23.7 Å². The maximum absolute atomic E-state index is 13.0. The van der Waals surface area contributed by atoms with Crippen molar-refractivity contribution in [3.05, 3.63) is 47.8 Å². The molecule has 0 radical (unpaired) electrons. The first-order valence-electron chi connectivity index (χ1n) is 7.57. The Bertz CT molecular complexity index is 785. The van der Waals surface area contributed by atoms with Crippen LogP contribution in [0.5, 0.6) is 0 Å². The Balaban J connectivity index is 1.97. The number of methoxy groups -OCH3 is 1. The van der Waals surface area contributed by atoms with E-state index in [9.17, 15) is 8.42 Å². The van der Waals surface area contributed by atoms with Crippen molar-refractivity contribution in [3.63, 3.8) is 0 Å². The molecule has 1 aliphatic heterocycles. The fourth-order valence-corrected chi connectivity index (χ4v) is 4.54. The molecular formula is C16H21N3O3S. The molecule has 0 N–H and O–H groups in total. The maximum Gasteiger partial charge on any atom is 0.243 e. The summed E-state index contributed by atoms with van der Waals surface area (Å²) in [5.74, 6) is 0.0701. The predicted octanol–water partition coefficient (Wildman–Crippen LogP) is 1.66. The van der Waals surface area contributed by atoms with E-state index in [1.165, 1.54) is 4.31 Å². The van der Waals surface area contributed by atoms with Crippen LogP contribution in [-0.2, 0) is 27.8 Å². The van der Waals surface area contributed by atoms with Gasteiger partial charge in [-0.25, -0.2) is 8.42 Å². The third-order valence-corrected chi connectivity index (χ3v) is 5.87. The number of ether oxygens (including phenoxy) is 1. The Labute approximate surface area is 136 Å². The molecule has 23 heavy (non-hydrogen) atoms. The SMILES string of the molecule is COCC1CN(S(=O)(=O)c2cccc(C)c2)Cc2ccnn2C1. The van der Waals surface area contributed by atoms with E-state index in [1.54, 1.807) is 31.5 Å². The van der Waals surface area contributed by atoms with Crippen LogP contribution in [0.4, 0.5) is 0 Å². The van der Waals surface area contributed by atoms with Crippen molar-refractivity contribution in [2.75, 3.05) is 20.3 Å². The number of sulfonamides is 1. The molecule has 0 saturated heterocycles. The normalized spacial score (nSPS) is 19.3. The smallest absolute Gasteiger partial charge is 0.243 e. The van der Waals surface area contributed by atoms with E-state index in [4.69, 9.17) is 4.74 Å². The number of aromatic nitrogens is 2. The fraction of sp³-hybridized carbons (Fsp3) is 0.438. The minimum absolute atomic E-state index is 0.0701. The highest BCUT2D eigenvalue weighted by Gasteiger charge is 2.31. The maximum atomic E-state index is 13.0. The highest BCUT2D eigenvalue weighted by atomic mass is 32.2. The van der Waals surface area contributed by atoms with E-state index in [2.05, 4.69) is 5.10 Å². The summed E-state index contributed by atoms with van der Waals surface area (Å²) in [7, 11) is -1.91. The highest BCUT2D eigenvalue weighted by Crippen LogP contribution is 2.24. The molecule has 1 aliphatic rings. The average Bonchev–Trinajstić information content (AvgIpc) is 2.86. The number of benzene rings is 1. The molecule has 1 unspecified atom stereocenters. The molecule has 7 heteroatoms. The van der Waals surface area contributed by atoms with E-state index in [-0.39, 0.29) is 5.92 Å². The molecule has 2 heterocycles. The second kappa shape index (κ2) is 6.43. The van der Waals surface area contributed by atoms with Gasteiger partial charge in [-0.15, -0.1) is 0 Å². The molecule has 1 aromatic carbocycles. The standard InChI is InChI=1S/C16H21N3O3S/c1-13-4-3-5-16(8-13)23(20,21)18-9-14(12-22-2)10-19-15(11-18)6-7-17-19/h3-8,14H,9-12H2,1-2H3. The number of hydrogen-bond acceptors (Lipinski definition) is 4. The van der Waals surface area contributed by atoms with Crippen molar-refractivity contribution >= 4 is 10.0 Å². The Kier molecular flexibility index (Phi) is 4.52. The molecular weight excluding hydrogens is 314 g/mol. The first-order valence-corrected chi connectivity index (χ1v) is 9.01. The molecule has 0 spiro atoms. The lowest BCUT2D eigenvalue weighted by molar-refractivity contribution is 0.133. The molecule has 124 valence electrons. The van der Waals surface area contributed by atoms with Gasteiger partial charge in [0.2, 0.25) is 10.0 Å². The topological polar surface area (TPSA) is 64.4 Å². The Hall–Kier alpha value is -1.70. The second-order valence-electron chi connectivity index (χ2n) is 5.94. The summed E-state index contributed by atoms with van der Waals surface area (Å²) in [6, 6.07) is 8.90. The summed E-state index contributed by atoms with van der Waals surface area (Å²) >= 11 is 0. The van der Waals surface area contributed by atoms with Crippen LogP contribution in [0.2, 0.25) is 0 Å². The summed E-state index contributed by atoms with van der Waals surface area (Å²) in [6.07, 6.45) is 1.71. The molecule has 0 fully saturated rings. The zero-order valence-corrected chi connectivity index (χ0v) is 14.2. The summed E-state index contributed by atoms with van der Waals surface area (Å²) in [6.45, 7) is 3.81. The molecule has 6 nitrogen and oxygen atoms in total. The van der Waals surface area contributed by atoms with Gasteiger partial charge in [0, 0.05) is 32.3 Å². The van der Waals surface area contributed by atoms with Gasteiger partial charge in [-0.2, -0.15) is 9.40 Å². The predicted molar refractivity (Wildman–Crippen MR) is 86.4 cm³/mol.